The van der Waals surface area contributed by atoms with E-state index >= 15 is 0 Å². The summed E-state index contributed by atoms with van der Waals surface area (Å²) in [5, 5.41) is 7.30. The van der Waals surface area contributed by atoms with E-state index in [1.165, 1.54) is 0 Å². The van der Waals surface area contributed by atoms with Gasteiger partial charge in [0.05, 0.1) is 17.5 Å². The molecule has 0 fully saturated rings. The summed E-state index contributed by atoms with van der Waals surface area (Å²) in [6.07, 6.45) is -0.358. The Kier molecular flexibility index (Phi) is 5.24. The van der Waals surface area contributed by atoms with Crippen molar-refractivity contribution < 1.29 is 19.5 Å². The van der Waals surface area contributed by atoms with Crippen LogP contribution in [-0.4, -0.2) is 17.5 Å². The molecule has 41 heavy (non-hydrogen) atoms. The first kappa shape index (κ1) is 23.8. The minimum Gasteiger partial charge on any atom is -0.416 e. The monoisotopic (exact) mass is 578 g/mol. The molecule has 2 aromatic heterocycles. The minimum atomic E-state index is -0.358. The fourth-order valence-corrected chi connectivity index (χ4v) is 5.66. The van der Waals surface area contributed by atoms with Crippen LogP contribution in [0.25, 0.3) is 21.5 Å². The average Bonchev–Trinajstić information content (AvgIpc) is 3.73. The molecule has 4 aromatic carbocycles. The first-order valence-corrected chi connectivity index (χ1v) is 13.1. The summed E-state index contributed by atoms with van der Waals surface area (Å²) in [4.78, 5) is 34.7. The third kappa shape index (κ3) is 3.59. The van der Waals surface area contributed by atoms with Crippen molar-refractivity contribution >= 4 is 50.7 Å². The zero-order chi connectivity index (χ0) is 26.2. The summed E-state index contributed by atoms with van der Waals surface area (Å²) in [6.45, 7) is 0. The zero-order valence-electron chi connectivity index (χ0n) is 21.7. The minimum absolute atomic E-state index is 0. The predicted octanol–water partition coefficient (Wildman–Crippen LogP) is 4.57. The van der Waals surface area contributed by atoms with Gasteiger partial charge in [-0.05, 0) is 27.1 Å². The number of aromatic nitrogens is 2. The molecule has 8 nitrogen and oxygen atoms in total. The second-order valence-corrected chi connectivity index (χ2v) is 9.86. The normalized spacial score (nSPS) is 17.7. The molecule has 0 aliphatic carbocycles. The molecule has 8 bridgehead atoms. The van der Waals surface area contributed by atoms with Crippen LogP contribution in [0.15, 0.2) is 122 Å². The van der Waals surface area contributed by atoms with Crippen molar-refractivity contribution in [3.63, 3.8) is 0 Å². The van der Waals surface area contributed by atoms with E-state index in [9.17, 15) is 0 Å². The molecule has 0 saturated heterocycles. The number of benzene rings is 4. The zero-order valence-corrected chi connectivity index (χ0v) is 24.6. The van der Waals surface area contributed by atoms with E-state index in [1.807, 2.05) is 91.0 Å². The van der Waals surface area contributed by atoms with E-state index in [1.54, 1.807) is 0 Å². The molecular weight excluding hydrogens is 562 g/mol. The topological polar surface area (TPSA) is 102 Å². The van der Waals surface area contributed by atoms with Gasteiger partial charge in [-0.2, -0.15) is 0 Å². The van der Waals surface area contributed by atoms with Crippen LogP contribution in [0.1, 0.15) is 28.4 Å². The first-order valence-electron chi connectivity index (χ1n) is 13.1. The Balaban J connectivity index is 0.00000256. The SMILES string of the molecule is [Zn+2].c1ccc2c(c1)C1=N/C2=N\c2[n-]c(c3ccccc23)NC2N=C(N=c3[n-]c(c4ccccc34)=N1)c1ccccc12. The first-order chi connectivity index (χ1) is 19.8. The Morgan fingerprint density at radius 2 is 1.07 bits per heavy atom. The summed E-state index contributed by atoms with van der Waals surface area (Å²) < 4.78 is 0. The van der Waals surface area contributed by atoms with Gasteiger partial charge < -0.3 is 30.3 Å². The average molecular weight is 580 g/mol. The third-order valence-corrected chi connectivity index (χ3v) is 7.54. The maximum atomic E-state index is 5.01. The number of anilines is 1. The molecular formula is C32H18N8Zn. The van der Waals surface area contributed by atoms with E-state index < -0.39 is 0 Å². The van der Waals surface area contributed by atoms with Crippen LogP contribution in [0.4, 0.5) is 11.6 Å². The van der Waals surface area contributed by atoms with Crippen LogP contribution < -0.4 is 26.3 Å². The maximum Gasteiger partial charge on any atom is 2.00 e. The molecule has 0 radical (unpaired) electrons. The fourth-order valence-electron chi connectivity index (χ4n) is 5.66. The fraction of sp³-hybridized carbons (Fsp3) is 0.0312. The molecule has 1 atom stereocenters. The van der Waals surface area contributed by atoms with Crippen LogP contribution in [0.2, 0.25) is 0 Å². The maximum absolute atomic E-state index is 5.01. The van der Waals surface area contributed by atoms with Gasteiger partial charge in [-0.3, -0.25) is 4.99 Å². The van der Waals surface area contributed by atoms with E-state index in [-0.39, 0.29) is 25.6 Å². The van der Waals surface area contributed by atoms with Crippen molar-refractivity contribution in [3.05, 3.63) is 130 Å². The molecule has 0 spiro atoms. The Morgan fingerprint density at radius 3 is 1.80 bits per heavy atom. The second kappa shape index (κ2) is 9.01. The number of hydrogen-bond acceptors (Lipinski definition) is 6. The molecule has 188 valence electrons. The van der Waals surface area contributed by atoms with Crippen molar-refractivity contribution in [1.29, 1.82) is 0 Å². The summed E-state index contributed by atoms with van der Waals surface area (Å²) in [5.41, 5.74) is 4.95. The van der Waals surface area contributed by atoms with Crippen LogP contribution >= 0.6 is 0 Å². The van der Waals surface area contributed by atoms with Crippen molar-refractivity contribution in [2.24, 2.45) is 25.0 Å². The van der Waals surface area contributed by atoms with Crippen molar-refractivity contribution in [2.45, 2.75) is 6.17 Å². The van der Waals surface area contributed by atoms with Gasteiger partial charge in [0.15, 0.2) is 0 Å². The van der Waals surface area contributed by atoms with Crippen molar-refractivity contribution in [2.75, 3.05) is 5.32 Å². The van der Waals surface area contributed by atoms with Crippen molar-refractivity contribution in [1.82, 2.24) is 9.97 Å². The second-order valence-electron chi connectivity index (χ2n) is 9.86. The Labute approximate surface area is 246 Å². The van der Waals surface area contributed by atoms with E-state index in [2.05, 4.69) is 11.4 Å². The molecule has 5 heterocycles. The molecule has 0 amide bonds. The summed E-state index contributed by atoms with van der Waals surface area (Å²) in [6, 6.07) is 32.2. The number of fused-ring (bicyclic) bond motifs is 18. The molecule has 3 aliphatic heterocycles. The predicted molar refractivity (Wildman–Crippen MR) is 155 cm³/mol. The smallest absolute Gasteiger partial charge is 0.416 e. The van der Waals surface area contributed by atoms with Gasteiger partial charge in [0.25, 0.3) is 0 Å². The third-order valence-electron chi connectivity index (χ3n) is 7.54. The number of nitrogens with zero attached hydrogens (tertiary/aromatic N) is 7. The van der Waals surface area contributed by atoms with Gasteiger partial charge in [-0.15, -0.1) is 0 Å². The number of aliphatic imine (C=N–C) groups is 3. The summed E-state index contributed by atoms with van der Waals surface area (Å²) >= 11 is 0. The van der Waals surface area contributed by atoms with E-state index in [0.29, 0.717) is 40.1 Å². The Hall–Kier alpha value is -5.01. The molecule has 9 rings (SSSR count). The Bertz CT molecular complexity index is 2270. The van der Waals surface area contributed by atoms with Gasteiger partial charge in [0.2, 0.25) is 0 Å². The molecule has 6 aromatic rings. The molecule has 1 N–H and O–H groups in total. The van der Waals surface area contributed by atoms with Crippen LogP contribution in [0.5, 0.6) is 0 Å². The van der Waals surface area contributed by atoms with Gasteiger partial charge in [0, 0.05) is 39.3 Å². The summed E-state index contributed by atoms with van der Waals surface area (Å²) in [7, 11) is 0. The number of amidine groups is 3. The van der Waals surface area contributed by atoms with Crippen molar-refractivity contribution in [3.8, 4) is 0 Å². The van der Waals surface area contributed by atoms with Gasteiger partial charge >= 0.3 is 19.5 Å². The van der Waals surface area contributed by atoms with Gasteiger partial charge in [-0.25, -0.2) is 4.99 Å². The molecule has 1 unspecified atom stereocenters. The van der Waals surface area contributed by atoms with Crippen LogP contribution in [0, 0.1) is 0 Å². The molecule has 9 heteroatoms. The quantitative estimate of drug-likeness (QED) is 0.267. The molecule has 3 aliphatic rings. The summed E-state index contributed by atoms with van der Waals surface area (Å²) in [5.74, 6) is 3.07. The van der Waals surface area contributed by atoms with Crippen LogP contribution in [0.3, 0.4) is 0 Å². The standard InChI is InChI=1S/C32H18N8.Zn/c1-2-10-18-17(9-1)25-33-26(18)38-28-21-13-5-6-14-22(21)30(35-28)40-32-24-16-8-7-15-23(24)31(36-32)39-29-20-12-4-3-11-19(20)27(34-29)37-25;/h1-16,25,37H;/q-2;+2. The largest absolute Gasteiger partial charge is 2.00 e. The number of hydrogen-bond donors (Lipinski definition) is 1. The van der Waals surface area contributed by atoms with E-state index in [4.69, 9.17) is 34.9 Å². The van der Waals surface area contributed by atoms with Gasteiger partial charge in [0.1, 0.15) is 6.17 Å². The molecule has 0 saturated carbocycles. The number of rotatable bonds is 0. The number of nitrogens with one attached hydrogen (secondary N) is 1. The Morgan fingerprint density at radius 1 is 0.512 bits per heavy atom. The van der Waals surface area contributed by atoms with Crippen LogP contribution in [-0.2, 0) is 19.5 Å². The van der Waals surface area contributed by atoms with Gasteiger partial charge in [-0.1, -0.05) is 97.1 Å². The van der Waals surface area contributed by atoms with E-state index in [0.717, 1.165) is 43.8 Å².